The van der Waals surface area contributed by atoms with E-state index in [9.17, 15) is 9.59 Å². The Labute approximate surface area is 156 Å². The SMILES string of the molecule is CCOc1cc(C(=O)N/N=C/c2ccccc2OCC(=O)O)ccc1OC. The Kier molecular flexibility index (Phi) is 7.18. The second-order valence-electron chi connectivity index (χ2n) is 5.22. The smallest absolute Gasteiger partial charge is 0.341 e. The molecule has 2 aromatic rings. The minimum Gasteiger partial charge on any atom is -0.493 e. The Morgan fingerprint density at radius 2 is 1.89 bits per heavy atom. The van der Waals surface area contributed by atoms with Crippen molar-refractivity contribution < 1.29 is 28.9 Å². The minimum atomic E-state index is -1.08. The van der Waals surface area contributed by atoms with Gasteiger partial charge < -0.3 is 19.3 Å². The highest BCUT2D eigenvalue weighted by molar-refractivity contribution is 5.95. The molecule has 2 N–H and O–H groups in total. The molecule has 0 saturated carbocycles. The van der Waals surface area contributed by atoms with Crippen LogP contribution in [0.1, 0.15) is 22.8 Å². The number of carbonyl (C=O) groups excluding carboxylic acids is 1. The Bertz CT molecular complexity index is 835. The van der Waals surface area contributed by atoms with Gasteiger partial charge >= 0.3 is 5.97 Å². The van der Waals surface area contributed by atoms with E-state index >= 15 is 0 Å². The summed E-state index contributed by atoms with van der Waals surface area (Å²) < 4.78 is 15.8. The topological polar surface area (TPSA) is 106 Å². The number of carboxylic acid groups (broad SMARTS) is 1. The summed E-state index contributed by atoms with van der Waals surface area (Å²) >= 11 is 0. The molecular formula is C19H20N2O6. The molecule has 1 amide bonds. The van der Waals surface area contributed by atoms with Crippen molar-refractivity contribution in [2.45, 2.75) is 6.92 Å². The zero-order valence-electron chi connectivity index (χ0n) is 15.0. The summed E-state index contributed by atoms with van der Waals surface area (Å²) in [5.41, 5.74) is 3.29. The van der Waals surface area contributed by atoms with Crippen LogP contribution < -0.4 is 19.6 Å². The minimum absolute atomic E-state index is 0.348. The van der Waals surface area contributed by atoms with Crippen LogP contribution in [0.5, 0.6) is 17.2 Å². The molecule has 0 aromatic heterocycles. The number of hydrazone groups is 1. The van der Waals surface area contributed by atoms with Gasteiger partial charge in [0, 0.05) is 11.1 Å². The number of hydrogen-bond acceptors (Lipinski definition) is 6. The summed E-state index contributed by atoms with van der Waals surface area (Å²) in [7, 11) is 1.52. The van der Waals surface area contributed by atoms with E-state index in [0.717, 1.165) is 0 Å². The van der Waals surface area contributed by atoms with E-state index in [1.807, 2.05) is 6.92 Å². The monoisotopic (exact) mass is 372 g/mol. The van der Waals surface area contributed by atoms with Crippen LogP contribution in [0.2, 0.25) is 0 Å². The molecule has 142 valence electrons. The molecule has 8 heteroatoms. The number of amides is 1. The molecule has 0 aliphatic carbocycles. The van der Waals surface area contributed by atoms with E-state index in [1.54, 1.807) is 42.5 Å². The summed E-state index contributed by atoms with van der Waals surface area (Å²) in [4.78, 5) is 22.9. The lowest BCUT2D eigenvalue weighted by molar-refractivity contribution is -0.139. The molecular weight excluding hydrogens is 352 g/mol. The summed E-state index contributed by atoms with van der Waals surface area (Å²) in [5, 5.41) is 12.6. The second kappa shape index (κ2) is 9.81. The number of carboxylic acids is 1. The molecule has 8 nitrogen and oxygen atoms in total. The van der Waals surface area contributed by atoms with Crippen molar-refractivity contribution in [2.24, 2.45) is 5.10 Å². The van der Waals surface area contributed by atoms with E-state index in [1.165, 1.54) is 13.3 Å². The first-order chi connectivity index (χ1) is 13.0. The third kappa shape index (κ3) is 5.74. The van der Waals surface area contributed by atoms with Crippen LogP contribution in [0.4, 0.5) is 0 Å². The lowest BCUT2D eigenvalue weighted by Crippen LogP contribution is -2.18. The quantitative estimate of drug-likeness (QED) is 0.517. The van der Waals surface area contributed by atoms with Gasteiger partial charge in [0.2, 0.25) is 0 Å². The number of ether oxygens (including phenoxy) is 3. The highest BCUT2D eigenvalue weighted by Crippen LogP contribution is 2.28. The zero-order chi connectivity index (χ0) is 19.6. The van der Waals surface area contributed by atoms with Gasteiger partial charge in [0.25, 0.3) is 5.91 Å². The average molecular weight is 372 g/mol. The van der Waals surface area contributed by atoms with Crippen LogP contribution in [-0.4, -0.2) is 43.5 Å². The number of rotatable bonds is 9. The van der Waals surface area contributed by atoms with Gasteiger partial charge in [0.05, 0.1) is 19.9 Å². The molecule has 0 aliphatic rings. The normalized spacial score (nSPS) is 10.4. The van der Waals surface area contributed by atoms with E-state index < -0.39 is 18.5 Å². The standard InChI is InChI=1S/C19H20N2O6/c1-3-26-17-10-13(8-9-16(17)25-2)19(24)21-20-11-14-6-4-5-7-15(14)27-12-18(22)23/h4-11H,3,12H2,1-2H3,(H,21,24)(H,22,23)/b20-11+. The van der Waals surface area contributed by atoms with E-state index in [-0.39, 0.29) is 0 Å². The molecule has 0 unspecified atom stereocenters. The van der Waals surface area contributed by atoms with Crippen LogP contribution in [0, 0.1) is 0 Å². The van der Waals surface area contributed by atoms with Gasteiger partial charge in [-0.25, -0.2) is 10.2 Å². The number of carbonyl (C=O) groups is 2. The maximum atomic E-state index is 12.3. The molecule has 2 rings (SSSR count). The van der Waals surface area contributed by atoms with Crippen LogP contribution >= 0.6 is 0 Å². The summed E-state index contributed by atoms with van der Waals surface area (Å²) in [6.45, 7) is 1.80. The number of benzene rings is 2. The fourth-order valence-electron chi connectivity index (χ4n) is 2.17. The summed E-state index contributed by atoms with van der Waals surface area (Å²) in [6, 6.07) is 11.6. The first kappa shape index (κ1) is 19.8. The summed E-state index contributed by atoms with van der Waals surface area (Å²) in [6.07, 6.45) is 1.38. The number of methoxy groups -OCH3 is 1. The van der Waals surface area contributed by atoms with Gasteiger partial charge in [-0.05, 0) is 37.3 Å². The van der Waals surface area contributed by atoms with Crippen LogP contribution in [-0.2, 0) is 4.79 Å². The van der Waals surface area contributed by atoms with Crippen molar-refractivity contribution in [3.05, 3.63) is 53.6 Å². The first-order valence-corrected chi connectivity index (χ1v) is 8.13. The van der Waals surface area contributed by atoms with Gasteiger partial charge in [-0.2, -0.15) is 5.10 Å². The van der Waals surface area contributed by atoms with Crippen molar-refractivity contribution in [1.82, 2.24) is 5.43 Å². The number of nitrogens with zero attached hydrogens (tertiary/aromatic N) is 1. The third-order valence-corrected chi connectivity index (χ3v) is 3.37. The van der Waals surface area contributed by atoms with Crippen molar-refractivity contribution >= 4 is 18.1 Å². The van der Waals surface area contributed by atoms with Crippen molar-refractivity contribution in [2.75, 3.05) is 20.3 Å². The zero-order valence-corrected chi connectivity index (χ0v) is 15.0. The highest BCUT2D eigenvalue weighted by Gasteiger charge is 2.11. The van der Waals surface area contributed by atoms with Crippen molar-refractivity contribution in [3.63, 3.8) is 0 Å². The molecule has 2 aromatic carbocycles. The van der Waals surface area contributed by atoms with E-state index in [0.29, 0.717) is 35.0 Å². The molecule has 0 radical (unpaired) electrons. The molecule has 0 aliphatic heterocycles. The van der Waals surface area contributed by atoms with E-state index in [2.05, 4.69) is 10.5 Å². The van der Waals surface area contributed by atoms with Crippen molar-refractivity contribution in [3.8, 4) is 17.2 Å². The molecule has 0 spiro atoms. The predicted octanol–water partition coefficient (Wildman–Crippen LogP) is 2.32. The summed E-state index contributed by atoms with van der Waals surface area (Å²) in [5.74, 6) is -0.176. The van der Waals surface area contributed by atoms with Crippen LogP contribution in [0.15, 0.2) is 47.6 Å². The van der Waals surface area contributed by atoms with Gasteiger partial charge in [-0.3, -0.25) is 4.79 Å². The Morgan fingerprint density at radius 3 is 2.59 bits per heavy atom. The Hall–Kier alpha value is -3.55. The Balaban J connectivity index is 2.07. The maximum absolute atomic E-state index is 12.3. The number of aliphatic carboxylic acids is 1. The van der Waals surface area contributed by atoms with Gasteiger partial charge in [-0.1, -0.05) is 12.1 Å². The molecule has 0 atom stereocenters. The third-order valence-electron chi connectivity index (χ3n) is 3.37. The fraction of sp³-hybridized carbons (Fsp3) is 0.211. The fourth-order valence-corrected chi connectivity index (χ4v) is 2.17. The predicted molar refractivity (Wildman–Crippen MR) is 98.8 cm³/mol. The Morgan fingerprint density at radius 1 is 1.11 bits per heavy atom. The number of nitrogens with one attached hydrogen (secondary N) is 1. The lowest BCUT2D eigenvalue weighted by Gasteiger charge is -2.10. The largest absolute Gasteiger partial charge is 0.493 e. The number of hydrogen-bond donors (Lipinski definition) is 2. The van der Waals surface area contributed by atoms with Gasteiger partial charge in [0.1, 0.15) is 5.75 Å². The van der Waals surface area contributed by atoms with Gasteiger partial charge in [0.15, 0.2) is 18.1 Å². The van der Waals surface area contributed by atoms with Crippen LogP contribution in [0.3, 0.4) is 0 Å². The maximum Gasteiger partial charge on any atom is 0.341 e. The number of para-hydroxylation sites is 1. The van der Waals surface area contributed by atoms with E-state index in [4.69, 9.17) is 19.3 Å². The van der Waals surface area contributed by atoms with Crippen molar-refractivity contribution in [1.29, 1.82) is 0 Å². The molecule has 0 fully saturated rings. The van der Waals surface area contributed by atoms with Crippen LogP contribution in [0.25, 0.3) is 0 Å². The first-order valence-electron chi connectivity index (χ1n) is 8.13. The average Bonchev–Trinajstić information content (AvgIpc) is 2.67. The lowest BCUT2D eigenvalue weighted by atomic mass is 10.2. The molecule has 0 saturated heterocycles. The molecule has 27 heavy (non-hydrogen) atoms. The molecule has 0 heterocycles. The molecule has 0 bridgehead atoms. The second-order valence-corrected chi connectivity index (χ2v) is 5.22. The highest BCUT2D eigenvalue weighted by atomic mass is 16.5. The van der Waals surface area contributed by atoms with Gasteiger partial charge in [-0.15, -0.1) is 0 Å².